The van der Waals surface area contributed by atoms with E-state index in [0.717, 1.165) is 12.0 Å². The Morgan fingerprint density at radius 3 is 2.55 bits per heavy atom. The molecule has 2 aromatic carbocycles. The molecule has 2 N–H and O–H groups in total. The van der Waals surface area contributed by atoms with Crippen LogP contribution in [0.25, 0.3) is 11.1 Å². The number of nitrogen functional groups attached to an aromatic ring is 1. The van der Waals surface area contributed by atoms with Crippen molar-refractivity contribution in [1.29, 1.82) is 0 Å². The summed E-state index contributed by atoms with van der Waals surface area (Å²) in [6.45, 7) is 0.423. The molecule has 1 saturated heterocycles. The van der Waals surface area contributed by atoms with E-state index in [4.69, 9.17) is 5.73 Å². The van der Waals surface area contributed by atoms with Crippen LogP contribution < -0.4 is 5.73 Å². The first-order chi connectivity index (χ1) is 13.9. The van der Waals surface area contributed by atoms with Crippen molar-refractivity contribution in [3.05, 3.63) is 77.9 Å². The topological polar surface area (TPSA) is 89.2 Å². The van der Waals surface area contributed by atoms with Gasteiger partial charge in [-0.3, -0.25) is 0 Å². The van der Waals surface area contributed by atoms with Crippen LogP contribution in [-0.2, 0) is 15.8 Å². The zero-order valence-electron chi connectivity index (χ0n) is 15.7. The van der Waals surface area contributed by atoms with Gasteiger partial charge in [0.05, 0.1) is 17.5 Å². The maximum absolute atomic E-state index is 13.4. The molecule has 0 bridgehead atoms. The highest BCUT2D eigenvalue weighted by Crippen LogP contribution is 2.39. The molecule has 0 amide bonds. The van der Waals surface area contributed by atoms with E-state index in [-0.39, 0.29) is 17.5 Å². The molecule has 1 aliphatic rings. The smallest absolute Gasteiger partial charge is 0.220 e. The van der Waals surface area contributed by atoms with Crippen LogP contribution in [0.5, 0.6) is 0 Å². The fraction of sp³-hybridized carbons (Fsp3) is 0.238. The number of nitrogens with two attached hydrogens (primary N) is 1. The van der Waals surface area contributed by atoms with E-state index in [9.17, 15) is 12.8 Å². The third-order valence-electron chi connectivity index (χ3n) is 5.06. The number of hydrogen-bond donors (Lipinski definition) is 1. The van der Waals surface area contributed by atoms with Crippen LogP contribution in [0.15, 0.2) is 60.8 Å². The Morgan fingerprint density at radius 2 is 1.83 bits per heavy atom. The summed E-state index contributed by atoms with van der Waals surface area (Å²) in [4.78, 5) is 8.46. The lowest BCUT2D eigenvalue weighted by atomic mass is 10.0. The van der Waals surface area contributed by atoms with E-state index < -0.39 is 16.1 Å². The highest BCUT2D eigenvalue weighted by atomic mass is 32.2. The van der Waals surface area contributed by atoms with Gasteiger partial charge in [-0.05, 0) is 36.1 Å². The predicted octanol–water partition coefficient (Wildman–Crippen LogP) is 3.53. The molecule has 0 aliphatic carbocycles. The van der Waals surface area contributed by atoms with Gasteiger partial charge in [-0.1, -0.05) is 42.5 Å². The molecule has 8 heteroatoms. The molecular formula is C21H21FN4O2S. The van der Waals surface area contributed by atoms with Crippen molar-refractivity contribution in [2.75, 3.05) is 12.3 Å². The minimum atomic E-state index is -3.56. The summed E-state index contributed by atoms with van der Waals surface area (Å²) in [7, 11) is -3.56. The third kappa shape index (κ3) is 4.13. The number of halogens is 1. The number of sulfonamides is 1. The highest BCUT2D eigenvalue weighted by Gasteiger charge is 2.37. The summed E-state index contributed by atoms with van der Waals surface area (Å²) in [5.41, 5.74) is 8.49. The quantitative estimate of drug-likeness (QED) is 0.692. The van der Waals surface area contributed by atoms with E-state index in [2.05, 4.69) is 9.97 Å². The summed E-state index contributed by atoms with van der Waals surface area (Å²) in [6, 6.07) is 14.6. The summed E-state index contributed by atoms with van der Waals surface area (Å²) in [5, 5.41) is 0. The van der Waals surface area contributed by atoms with Crippen LogP contribution in [0.3, 0.4) is 0 Å². The molecule has 3 aromatic rings. The molecule has 1 fully saturated rings. The van der Waals surface area contributed by atoms with Gasteiger partial charge in [0.25, 0.3) is 0 Å². The van der Waals surface area contributed by atoms with E-state index in [1.54, 1.807) is 30.5 Å². The average Bonchev–Trinajstić information content (AvgIpc) is 3.20. The monoisotopic (exact) mass is 412 g/mol. The summed E-state index contributed by atoms with van der Waals surface area (Å²) < 4.78 is 41.2. The predicted molar refractivity (Wildman–Crippen MR) is 110 cm³/mol. The fourth-order valence-electron chi connectivity index (χ4n) is 3.73. The second-order valence-corrected chi connectivity index (χ2v) is 8.97. The largest absolute Gasteiger partial charge is 0.368 e. The molecule has 4 rings (SSSR count). The number of anilines is 1. The fourth-order valence-corrected chi connectivity index (χ4v) is 5.51. The summed E-state index contributed by atoms with van der Waals surface area (Å²) in [5.74, 6) is -0.339. The Hall–Kier alpha value is -2.84. The lowest BCUT2D eigenvalue weighted by Crippen LogP contribution is -2.32. The van der Waals surface area contributed by atoms with Crippen molar-refractivity contribution >= 4 is 16.0 Å². The zero-order chi connectivity index (χ0) is 20.4. The second kappa shape index (κ2) is 7.88. The highest BCUT2D eigenvalue weighted by molar-refractivity contribution is 7.88. The molecule has 0 spiro atoms. The van der Waals surface area contributed by atoms with Crippen molar-refractivity contribution in [3.63, 3.8) is 0 Å². The van der Waals surface area contributed by atoms with Crippen LogP contribution in [0.4, 0.5) is 10.3 Å². The Balaban J connectivity index is 1.72. The Labute approximate surface area is 169 Å². The minimum Gasteiger partial charge on any atom is -0.368 e. The van der Waals surface area contributed by atoms with Crippen LogP contribution in [0.2, 0.25) is 0 Å². The van der Waals surface area contributed by atoms with Crippen molar-refractivity contribution in [3.8, 4) is 11.1 Å². The van der Waals surface area contributed by atoms with Gasteiger partial charge in [-0.25, -0.2) is 22.8 Å². The Morgan fingerprint density at radius 1 is 1.10 bits per heavy atom. The van der Waals surface area contributed by atoms with E-state index in [0.29, 0.717) is 29.8 Å². The average molecular weight is 412 g/mol. The normalized spacial score (nSPS) is 17.5. The second-order valence-electron chi connectivity index (χ2n) is 7.04. The molecule has 2 heterocycles. The van der Waals surface area contributed by atoms with Gasteiger partial charge in [0.15, 0.2) is 0 Å². The molecule has 6 nitrogen and oxygen atoms in total. The number of rotatable bonds is 5. The Bertz CT molecular complexity index is 1110. The van der Waals surface area contributed by atoms with E-state index in [1.807, 2.05) is 18.2 Å². The van der Waals surface area contributed by atoms with Gasteiger partial charge >= 0.3 is 0 Å². The standard InChI is InChI=1S/C21H21FN4O2S/c22-17-10-8-16(9-11-17)18-13-24-21(23)25-20(18)19-7-4-12-26(19)29(27,28)14-15-5-2-1-3-6-15/h1-3,5-6,8-11,13,19H,4,7,12,14H2,(H2,23,24,25). The first-order valence-corrected chi connectivity index (χ1v) is 11.0. The summed E-state index contributed by atoms with van der Waals surface area (Å²) in [6.07, 6.45) is 2.94. The molecule has 29 heavy (non-hydrogen) atoms. The van der Waals surface area contributed by atoms with E-state index in [1.165, 1.54) is 16.4 Å². The lowest BCUT2D eigenvalue weighted by Gasteiger charge is -2.25. The van der Waals surface area contributed by atoms with Crippen molar-refractivity contribution < 1.29 is 12.8 Å². The first-order valence-electron chi connectivity index (χ1n) is 9.36. The Kier molecular flexibility index (Phi) is 5.29. The van der Waals surface area contributed by atoms with Gasteiger partial charge in [-0.2, -0.15) is 4.31 Å². The van der Waals surface area contributed by atoms with Crippen LogP contribution in [-0.4, -0.2) is 29.2 Å². The van der Waals surface area contributed by atoms with Gasteiger partial charge in [0.2, 0.25) is 16.0 Å². The van der Waals surface area contributed by atoms with Crippen LogP contribution in [0.1, 0.15) is 30.1 Å². The number of hydrogen-bond acceptors (Lipinski definition) is 5. The van der Waals surface area contributed by atoms with Gasteiger partial charge in [-0.15, -0.1) is 0 Å². The maximum Gasteiger partial charge on any atom is 0.220 e. The number of benzene rings is 2. The molecule has 1 aliphatic heterocycles. The van der Waals surface area contributed by atoms with Gasteiger partial charge < -0.3 is 5.73 Å². The molecule has 0 saturated carbocycles. The molecule has 1 atom stereocenters. The van der Waals surface area contributed by atoms with Crippen molar-refractivity contribution in [2.45, 2.75) is 24.6 Å². The van der Waals surface area contributed by atoms with Gasteiger partial charge in [0, 0.05) is 18.3 Å². The van der Waals surface area contributed by atoms with Crippen LogP contribution >= 0.6 is 0 Å². The van der Waals surface area contributed by atoms with Crippen molar-refractivity contribution in [1.82, 2.24) is 14.3 Å². The zero-order valence-corrected chi connectivity index (χ0v) is 16.5. The minimum absolute atomic E-state index is 0.0726. The van der Waals surface area contributed by atoms with Gasteiger partial charge in [0.1, 0.15) is 5.82 Å². The maximum atomic E-state index is 13.4. The molecule has 1 aromatic heterocycles. The third-order valence-corrected chi connectivity index (χ3v) is 6.91. The number of aromatic nitrogens is 2. The number of nitrogens with zero attached hydrogens (tertiary/aromatic N) is 3. The van der Waals surface area contributed by atoms with Crippen LogP contribution in [0, 0.1) is 5.82 Å². The van der Waals surface area contributed by atoms with E-state index >= 15 is 0 Å². The summed E-state index contributed by atoms with van der Waals surface area (Å²) >= 11 is 0. The molecule has 150 valence electrons. The molecular weight excluding hydrogens is 391 g/mol. The molecule has 1 unspecified atom stereocenters. The van der Waals surface area contributed by atoms with Crippen molar-refractivity contribution in [2.24, 2.45) is 0 Å². The lowest BCUT2D eigenvalue weighted by molar-refractivity contribution is 0.390. The SMILES string of the molecule is Nc1ncc(-c2ccc(F)cc2)c(C2CCCN2S(=O)(=O)Cc2ccccc2)n1. The molecule has 0 radical (unpaired) electrons. The first kappa shape index (κ1) is 19.5.